The molecule has 1 fully saturated rings. The second-order valence-corrected chi connectivity index (χ2v) is 7.44. The van der Waals surface area contributed by atoms with Crippen LogP contribution in [0.1, 0.15) is 22.8 Å². The van der Waals surface area contributed by atoms with Crippen LogP contribution >= 0.6 is 0 Å². The van der Waals surface area contributed by atoms with Crippen molar-refractivity contribution in [1.82, 2.24) is 15.1 Å². The summed E-state index contributed by atoms with van der Waals surface area (Å²) < 4.78 is 0. The van der Waals surface area contributed by atoms with E-state index < -0.39 is 16.9 Å². The van der Waals surface area contributed by atoms with Gasteiger partial charge in [-0.15, -0.1) is 0 Å². The number of rotatable bonds is 7. The van der Waals surface area contributed by atoms with Gasteiger partial charge in [-0.2, -0.15) is 0 Å². The fourth-order valence-corrected chi connectivity index (χ4v) is 3.43. The van der Waals surface area contributed by atoms with E-state index in [2.05, 4.69) is 34.5 Å². The predicted octanol–water partition coefficient (Wildman–Crippen LogP) is 2.57. The number of nitro groups is 1. The number of nitrogens with zero attached hydrogens (tertiary/aromatic N) is 3. The van der Waals surface area contributed by atoms with Crippen molar-refractivity contribution in [3.05, 3.63) is 81.9 Å². The van der Waals surface area contributed by atoms with Crippen LogP contribution in [0.2, 0.25) is 0 Å². The summed E-state index contributed by atoms with van der Waals surface area (Å²) in [6.45, 7) is 5.15. The van der Waals surface area contributed by atoms with Crippen LogP contribution in [0.4, 0.5) is 5.69 Å². The molecule has 1 aliphatic heterocycles. The van der Waals surface area contributed by atoms with E-state index >= 15 is 0 Å². The summed E-state index contributed by atoms with van der Waals surface area (Å²) in [5, 5.41) is 13.5. The molecule has 1 saturated heterocycles. The van der Waals surface area contributed by atoms with E-state index in [9.17, 15) is 19.7 Å². The maximum absolute atomic E-state index is 12.7. The van der Waals surface area contributed by atoms with Gasteiger partial charge in [-0.1, -0.05) is 48.6 Å². The molecule has 0 bridgehead atoms. The Kier molecular flexibility index (Phi) is 7.50. The lowest BCUT2D eigenvalue weighted by Crippen LogP contribution is -2.54. The molecule has 0 spiro atoms. The zero-order valence-corrected chi connectivity index (χ0v) is 17.4. The fraction of sp³-hybridized carbons (Fsp3) is 0.304. The molecule has 0 saturated carbocycles. The largest absolute Gasteiger partial charge is 0.341 e. The summed E-state index contributed by atoms with van der Waals surface area (Å²) >= 11 is 0. The molecule has 0 aromatic heterocycles. The number of nitrogens with one attached hydrogen (secondary N) is 1. The Morgan fingerprint density at radius 3 is 2.48 bits per heavy atom. The van der Waals surface area contributed by atoms with E-state index in [1.165, 1.54) is 24.3 Å². The van der Waals surface area contributed by atoms with Gasteiger partial charge >= 0.3 is 0 Å². The third-order valence-electron chi connectivity index (χ3n) is 5.19. The molecule has 0 radical (unpaired) electrons. The van der Waals surface area contributed by atoms with Crippen LogP contribution < -0.4 is 5.32 Å². The molecule has 2 amide bonds. The number of non-ortho nitro benzene ring substituents is 1. The molecule has 8 heteroatoms. The molecule has 1 N–H and O–H groups in total. The minimum atomic E-state index is -0.712. The van der Waals surface area contributed by atoms with Crippen LogP contribution in [-0.4, -0.2) is 65.3 Å². The van der Waals surface area contributed by atoms with Crippen LogP contribution in [-0.2, 0) is 4.79 Å². The first kappa shape index (κ1) is 22.2. The number of amides is 2. The topological polar surface area (TPSA) is 95.8 Å². The van der Waals surface area contributed by atoms with Gasteiger partial charge in [0.05, 0.1) is 4.92 Å². The van der Waals surface area contributed by atoms with Crippen molar-refractivity contribution >= 4 is 23.6 Å². The highest BCUT2D eigenvalue weighted by atomic mass is 16.6. The summed E-state index contributed by atoms with van der Waals surface area (Å²) in [4.78, 5) is 39.4. The lowest BCUT2D eigenvalue weighted by atomic mass is 10.1. The highest BCUT2D eigenvalue weighted by Gasteiger charge is 2.26. The van der Waals surface area contributed by atoms with E-state index in [0.29, 0.717) is 13.1 Å². The van der Waals surface area contributed by atoms with Crippen LogP contribution in [0.25, 0.3) is 6.08 Å². The monoisotopic (exact) mass is 422 g/mol. The Bertz CT molecular complexity index is 953. The first-order valence-electron chi connectivity index (χ1n) is 10.2. The molecule has 1 aliphatic rings. The summed E-state index contributed by atoms with van der Waals surface area (Å²) in [6.07, 6.45) is 4.21. The third kappa shape index (κ3) is 6.23. The van der Waals surface area contributed by atoms with E-state index in [-0.39, 0.29) is 17.2 Å². The van der Waals surface area contributed by atoms with Crippen molar-refractivity contribution in [2.45, 2.75) is 13.0 Å². The number of carbonyl (C=O) groups is 2. The molecule has 31 heavy (non-hydrogen) atoms. The Balaban J connectivity index is 1.46. The second kappa shape index (κ2) is 10.5. The second-order valence-electron chi connectivity index (χ2n) is 7.44. The zero-order valence-electron chi connectivity index (χ0n) is 17.4. The molecule has 1 unspecified atom stereocenters. The van der Waals surface area contributed by atoms with E-state index in [4.69, 9.17) is 0 Å². The molecule has 2 aromatic rings. The molecule has 1 heterocycles. The molecule has 8 nitrogen and oxygen atoms in total. The van der Waals surface area contributed by atoms with Gasteiger partial charge in [0.2, 0.25) is 5.91 Å². The Labute approximate surface area is 181 Å². The van der Waals surface area contributed by atoms with Gasteiger partial charge in [-0.25, -0.2) is 0 Å². The molecule has 3 rings (SSSR count). The van der Waals surface area contributed by atoms with Crippen LogP contribution in [0.5, 0.6) is 0 Å². The van der Waals surface area contributed by atoms with Gasteiger partial charge in [0.15, 0.2) is 0 Å². The van der Waals surface area contributed by atoms with Gasteiger partial charge in [-0.05, 0) is 18.6 Å². The first-order valence-corrected chi connectivity index (χ1v) is 10.2. The molecule has 162 valence electrons. The molecule has 2 aromatic carbocycles. The average Bonchev–Trinajstić information content (AvgIpc) is 2.79. The van der Waals surface area contributed by atoms with Gasteiger partial charge < -0.3 is 10.2 Å². The zero-order chi connectivity index (χ0) is 22.2. The third-order valence-corrected chi connectivity index (χ3v) is 5.19. The van der Waals surface area contributed by atoms with Gasteiger partial charge in [0.25, 0.3) is 11.6 Å². The minimum Gasteiger partial charge on any atom is -0.341 e. The van der Waals surface area contributed by atoms with Crippen LogP contribution in [0, 0.1) is 10.1 Å². The maximum Gasteiger partial charge on any atom is 0.270 e. The molecular weight excluding hydrogens is 396 g/mol. The van der Waals surface area contributed by atoms with Gasteiger partial charge in [0.1, 0.15) is 6.04 Å². The summed E-state index contributed by atoms with van der Waals surface area (Å²) in [6, 6.07) is 14.8. The van der Waals surface area contributed by atoms with Crippen molar-refractivity contribution in [2.24, 2.45) is 0 Å². The standard InChI is InChI=1S/C23H26N4O4/c1-18(24-22(28)20-10-5-11-21(17-20)27(30)31)23(29)26-15-13-25(14-16-26)12-6-9-19-7-3-2-4-8-19/h2-11,17-18H,12-16H2,1H3,(H,24,28). The first-order chi connectivity index (χ1) is 14.9. The van der Waals surface area contributed by atoms with Crippen molar-refractivity contribution < 1.29 is 14.5 Å². The summed E-state index contributed by atoms with van der Waals surface area (Å²) in [7, 11) is 0. The SMILES string of the molecule is CC(NC(=O)c1cccc([N+](=O)[O-])c1)C(=O)N1CCN(CC=Cc2ccccc2)CC1. The number of carbonyl (C=O) groups excluding carboxylic acids is 2. The normalized spacial score (nSPS) is 15.6. The number of benzene rings is 2. The number of hydrogen-bond donors (Lipinski definition) is 1. The predicted molar refractivity (Wildman–Crippen MR) is 119 cm³/mol. The highest BCUT2D eigenvalue weighted by molar-refractivity contribution is 5.97. The van der Waals surface area contributed by atoms with E-state index in [1.54, 1.807) is 11.8 Å². The quantitative estimate of drug-likeness (QED) is 0.547. The van der Waals surface area contributed by atoms with Crippen molar-refractivity contribution in [3.8, 4) is 0 Å². The van der Waals surface area contributed by atoms with Crippen molar-refractivity contribution in [1.29, 1.82) is 0 Å². The number of piperazine rings is 1. The lowest BCUT2D eigenvalue weighted by Gasteiger charge is -2.35. The fourth-order valence-electron chi connectivity index (χ4n) is 3.43. The lowest BCUT2D eigenvalue weighted by molar-refractivity contribution is -0.384. The molecule has 1 atom stereocenters. The van der Waals surface area contributed by atoms with E-state index in [1.807, 2.05) is 18.2 Å². The van der Waals surface area contributed by atoms with Crippen molar-refractivity contribution in [3.63, 3.8) is 0 Å². The van der Waals surface area contributed by atoms with Crippen LogP contribution in [0.3, 0.4) is 0 Å². The van der Waals surface area contributed by atoms with Crippen LogP contribution in [0.15, 0.2) is 60.7 Å². The highest BCUT2D eigenvalue weighted by Crippen LogP contribution is 2.13. The van der Waals surface area contributed by atoms with Gasteiger partial charge in [-0.3, -0.25) is 24.6 Å². The Morgan fingerprint density at radius 1 is 1.10 bits per heavy atom. The van der Waals surface area contributed by atoms with Gasteiger partial charge in [0, 0.05) is 50.4 Å². The Hall–Kier alpha value is -3.52. The average molecular weight is 422 g/mol. The minimum absolute atomic E-state index is 0.154. The smallest absolute Gasteiger partial charge is 0.270 e. The summed E-state index contributed by atoms with van der Waals surface area (Å²) in [5.41, 5.74) is 1.15. The summed E-state index contributed by atoms with van der Waals surface area (Å²) in [5.74, 6) is -0.660. The maximum atomic E-state index is 12.7. The number of nitro benzene ring substituents is 1. The number of hydrogen-bond acceptors (Lipinski definition) is 5. The molecule has 0 aliphatic carbocycles. The molecular formula is C23H26N4O4. The Morgan fingerprint density at radius 2 is 1.81 bits per heavy atom. The van der Waals surface area contributed by atoms with E-state index in [0.717, 1.165) is 25.2 Å². The van der Waals surface area contributed by atoms with Crippen molar-refractivity contribution in [2.75, 3.05) is 32.7 Å².